The first kappa shape index (κ1) is 18.5. The normalized spacial score (nSPS) is 18.6. The molecule has 1 aliphatic rings. The quantitative estimate of drug-likeness (QED) is 0.334. The average Bonchev–Trinajstić information content (AvgIpc) is 3.00. The standard InChI is InChI=1S/C25H28FN4O9P/c1-25(2)24(31)30(13-38-40(32,33)34)23-18(39-25)7-6-15(28-23)11-17-16(26)12-27-21(29-17)10-14-8-19(35-3)22(37-5)20(9-14)36-4/h6-9,12H,10-11,13H2,1-5H3,(H2,32,33,34)/i1D3,2D3,6D,7D,8D,9D. The van der Waals surface area contributed by atoms with E-state index in [2.05, 4.69) is 19.5 Å². The van der Waals surface area contributed by atoms with Crippen molar-refractivity contribution in [2.24, 2.45) is 0 Å². The van der Waals surface area contributed by atoms with Crippen molar-refractivity contribution in [1.82, 2.24) is 15.0 Å². The van der Waals surface area contributed by atoms with Crippen LogP contribution in [0.25, 0.3) is 0 Å². The highest BCUT2D eigenvalue weighted by Crippen LogP contribution is 2.41. The number of phosphoric acid groups is 1. The van der Waals surface area contributed by atoms with Gasteiger partial charge in [0.2, 0.25) is 5.75 Å². The molecule has 0 aliphatic carbocycles. The van der Waals surface area contributed by atoms with Crippen molar-refractivity contribution in [2.75, 3.05) is 33.0 Å². The minimum atomic E-state index is -5.39. The minimum Gasteiger partial charge on any atom is -0.493 e. The summed E-state index contributed by atoms with van der Waals surface area (Å²) >= 11 is 0. The van der Waals surface area contributed by atoms with Crippen LogP contribution in [-0.2, 0) is 26.7 Å². The summed E-state index contributed by atoms with van der Waals surface area (Å²) in [6.45, 7) is -9.00. The Bertz CT molecular complexity index is 1850. The predicted molar refractivity (Wildman–Crippen MR) is 138 cm³/mol. The van der Waals surface area contributed by atoms with Crippen LogP contribution < -0.4 is 23.8 Å². The third-order valence-electron chi connectivity index (χ3n) is 5.27. The van der Waals surface area contributed by atoms with Gasteiger partial charge in [-0.15, -0.1) is 0 Å². The number of anilines is 1. The molecule has 3 heterocycles. The fourth-order valence-electron chi connectivity index (χ4n) is 3.52. The van der Waals surface area contributed by atoms with Gasteiger partial charge in [0.25, 0.3) is 5.91 Å². The molecule has 15 heteroatoms. The molecule has 1 amide bonds. The number of pyridine rings is 1. The Hall–Kier alpha value is -3.84. The molecular weight excluding hydrogens is 550 g/mol. The summed E-state index contributed by atoms with van der Waals surface area (Å²) in [6.07, 6.45) is -0.291. The summed E-state index contributed by atoms with van der Waals surface area (Å²) in [7, 11) is -1.57. The number of ether oxygens (including phenoxy) is 4. The van der Waals surface area contributed by atoms with Crippen molar-refractivity contribution >= 4 is 19.5 Å². The van der Waals surface area contributed by atoms with Crippen molar-refractivity contribution in [3.63, 3.8) is 0 Å². The molecule has 214 valence electrons. The van der Waals surface area contributed by atoms with E-state index in [1.54, 1.807) is 0 Å². The number of amides is 1. The maximum Gasteiger partial charge on any atom is 0.471 e. The summed E-state index contributed by atoms with van der Waals surface area (Å²) in [5, 5.41) is 0. The van der Waals surface area contributed by atoms with Crippen molar-refractivity contribution in [1.29, 1.82) is 0 Å². The Morgan fingerprint density at radius 1 is 1.12 bits per heavy atom. The maximum atomic E-state index is 15.1. The van der Waals surface area contributed by atoms with E-state index in [1.165, 1.54) is 21.3 Å². The molecule has 1 aliphatic heterocycles. The van der Waals surface area contributed by atoms with E-state index in [1.807, 2.05) is 0 Å². The monoisotopic (exact) mass is 588 g/mol. The van der Waals surface area contributed by atoms with Gasteiger partial charge in [-0.3, -0.25) is 14.2 Å². The van der Waals surface area contributed by atoms with Gasteiger partial charge in [-0.25, -0.2) is 23.9 Å². The van der Waals surface area contributed by atoms with Gasteiger partial charge in [-0.2, -0.15) is 0 Å². The first-order chi connectivity index (χ1) is 23.0. The van der Waals surface area contributed by atoms with E-state index in [-0.39, 0.29) is 52.0 Å². The van der Waals surface area contributed by atoms with E-state index < -0.39 is 87.0 Å². The SMILES string of the molecule is [2H]c1c(Cc2nc(Cc3c([2H])c(OC)c(OC)c(OC)c3[2H])ncc2F)nc2c(c1[2H])OC(C([2H])([2H])[2H])(C([2H])([2H])[2H])C(=O)N2COP(=O)(O)O. The van der Waals surface area contributed by atoms with Crippen LogP contribution >= 0.6 is 7.82 Å². The zero-order valence-electron chi connectivity index (χ0n) is 31.1. The van der Waals surface area contributed by atoms with Crippen LogP contribution in [0.3, 0.4) is 0 Å². The van der Waals surface area contributed by atoms with Gasteiger partial charge in [0.05, 0.1) is 38.7 Å². The smallest absolute Gasteiger partial charge is 0.471 e. The molecule has 0 saturated heterocycles. The molecule has 13 nitrogen and oxygen atoms in total. The summed E-state index contributed by atoms with van der Waals surface area (Å²) in [6, 6.07) is -2.41. The number of carbonyl (C=O) groups is 1. The number of phosphoric ester groups is 1. The highest BCUT2D eigenvalue weighted by Gasteiger charge is 2.42. The van der Waals surface area contributed by atoms with E-state index >= 15 is 4.39 Å². The third-order valence-corrected chi connectivity index (χ3v) is 5.72. The molecule has 0 bridgehead atoms. The van der Waals surface area contributed by atoms with Crippen LogP contribution in [0.5, 0.6) is 23.0 Å². The van der Waals surface area contributed by atoms with Gasteiger partial charge in [0.1, 0.15) is 12.6 Å². The lowest BCUT2D eigenvalue weighted by Gasteiger charge is -2.37. The van der Waals surface area contributed by atoms with Crippen molar-refractivity contribution in [3.8, 4) is 23.0 Å². The second kappa shape index (κ2) is 11.3. The van der Waals surface area contributed by atoms with Crippen molar-refractivity contribution in [2.45, 2.75) is 32.1 Å². The molecule has 0 fully saturated rings. The van der Waals surface area contributed by atoms with E-state index in [0.29, 0.717) is 0 Å². The molecule has 4 rings (SSSR count). The van der Waals surface area contributed by atoms with Crippen molar-refractivity contribution in [3.05, 3.63) is 59.0 Å². The van der Waals surface area contributed by atoms with E-state index in [4.69, 9.17) is 32.7 Å². The second-order valence-corrected chi connectivity index (χ2v) is 9.23. The zero-order valence-corrected chi connectivity index (χ0v) is 22.0. The molecule has 2 aromatic heterocycles. The maximum absolute atomic E-state index is 15.1. The van der Waals surface area contributed by atoms with Gasteiger partial charge in [0.15, 0.2) is 34.5 Å². The Labute approximate surface area is 243 Å². The molecule has 40 heavy (non-hydrogen) atoms. The highest BCUT2D eigenvalue weighted by molar-refractivity contribution is 7.46. The molecule has 0 spiro atoms. The molecule has 0 unspecified atom stereocenters. The first-order valence-electron chi connectivity index (χ1n) is 16.0. The number of fused-ring (bicyclic) bond motifs is 1. The molecule has 2 N–H and O–H groups in total. The topological polar surface area (TPSA) is 163 Å². The predicted octanol–water partition coefficient (Wildman–Crippen LogP) is 2.79. The lowest BCUT2D eigenvalue weighted by Crippen LogP contribution is -2.53. The number of hydrogen-bond donors (Lipinski definition) is 2. The molecule has 3 aromatic rings. The Kier molecular flexibility index (Phi) is 5.24. The Balaban J connectivity index is 1.84. The van der Waals surface area contributed by atoms with Gasteiger partial charge in [-0.1, -0.05) is 0 Å². The fraction of sp³-hybridized carbons (Fsp3) is 0.360. The van der Waals surface area contributed by atoms with Crippen LogP contribution in [-0.4, -0.2) is 64.3 Å². The van der Waals surface area contributed by atoms with Gasteiger partial charge in [-0.05, 0) is 43.4 Å². The molecular formula is C25H28FN4O9P. The second-order valence-electron chi connectivity index (χ2n) is 7.99. The van der Waals surface area contributed by atoms with Crippen LogP contribution in [0.4, 0.5) is 10.2 Å². The summed E-state index contributed by atoms with van der Waals surface area (Å²) in [5.74, 6) is -5.08. The first-order valence-corrected chi connectivity index (χ1v) is 12.6. The lowest BCUT2D eigenvalue weighted by atomic mass is 10.1. The van der Waals surface area contributed by atoms with Crippen LogP contribution in [0.15, 0.2) is 30.4 Å². The summed E-state index contributed by atoms with van der Waals surface area (Å²) < 4.78 is 133. The molecule has 0 atom stereocenters. The lowest BCUT2D eigenvalue weighted by molar-refractivity contribution is -0.133. The number of methoxy groups -OCH3 is 3. The summed E-state index contributed by atoms with van der Waals surface area (Å²) in [5.41, 5.74) is -4.66. The minimum absolute atomic E-state index is 0.00180. The largest absolute Gasteiger partial charge is 0.493 e. The number of benzene rings is 1. The number of nitrogens with zero attached hydrogens (tertiary/aromatic N) is 4. The van der Waals surface area contributed by atoms with Gasteiger partial charge >= 0.3 is 7.82 Å². The highest BCUT2D eigenvalue weighted by atomic mass is 31.2. The molecule has 1 aromatic carbocycles. The summed E-state index contributed by atoms with van der Waals surface area (Å²) in [4.78, 5) is 44.4. The van der Waals surface area contributed by atoms with E-state index in [0.717, 1.165) is 6.20 Å². The van der Waals surface area contributed by atoms with E-state index in [9.17, 15) is 19.1 Å². The van der Waals surface area contributed by atoms with Gasteiger partial charge in [0, 0.05) is 26.8 Å². The van der Waals surface area contributed by atoms with Crippen LogP contribution in [0, 0.1) is 5.82 Å². The third kappa shape index (κ3) is 6.31. The number of halogens is 1. The fourth-order valence-corrected chi connectivity index (χ4v) is 3.78. The molecule has 0 saturated carbocycles. The Morgan fingerprint density at radius 3 is 2.42 bits per heavy atom. The number of carbonyl (C=O) groups excluding carboxylic acids is 1. The van der Waals surface area contributed by atoms with Gasteiger partial charge < -0.3 is 28.7 Å². The van der Waals surface area contributed by atoms with Crippen molar-refractivity contribution < 1.29 is 60.7 Å². The molecule has 0 radical (unpaired) electrons. The van der Waals surface area contributed by atoms with Crippen LogP contribution in [0.2, 0.25) is 0 Å². The average molecular weight is 589 g/mol. The number of aromatic nitrogens is 3. The number of hydrogen-bond acceptors (Lipinski definition) is 10. The Morgan fingerprint density at radius 2 is 1.82 bits per heavy atom. The van der Waals surface area contributed by atoms with Crippen LogP contribution in [0.1, 0.15) is 50.2 Å². The number of rotatable bonds is 10. The zero-order chi connectivity index (χ0) is 37.7.